The van der Waals surface area contributed by atoms with Gasteiger partial charge >= 0.3 is 0 Å². The third-order valence-electron chi connectivity index (χ3n) is 5.74. The van der Waals surface area contributed by atoms with Gasteiger partial charge in [0.2, 0.25) is 5.88 Å². The van der Waals surface area contributed by atoms with Crippen LogP contribution in [0.3, 0.4) is 0 Å². The molecule has 1 heterocycles. The van der Waals surface area contributed by atoms with Crippen LogP contribution in [-0.4, -0.2) is 52.2 Å². The van der Waals surface area contributed by atoms with Crippen LogP contribution in [0.25, 0.3) is 11.3 Å². The molecule has 1 fully saturated rings. The van der Waals surface area contributed by atoms with Gasteiger partial charge in [0.15, 0.2) is 0 Å². The van der Waals surface area contributed by atoms with Crippen molar-refractivity contribution in [1.29, 1.82) is 0 Å². The number of aryl methyl sites for hydroxylation is 1. The minimum absolute atomic E-state index is 0.191. The lowest BCUT2D eigenvalue weighted by Gasteiger charge is -2.25. The van der Waals surface area contributed by atoms with E-state index in [9.17, 15) is 5.11 Å². The van der Waals surface area contributed by atoms with Crippen LogP contribution in [0.5, 0.6) is 11.6 Å². The summed E-state index contributed by atoms with van der Waals surface area (Å²) < 4.78 is 13.4. The van der Waals surface area contributed by atoms with Crippen molar-refractivity contribution >= 4 is 11.6 Å². The molecular weight excluding hydrogens is 450 g/mol. The minimum atomic E-state index is -0.642. The van der Waals surface area contributed by atoms with Crippen molar-refractivity contribution < 1.29 is 14.6 Å². The van der Waals surface area contributed by atoms with Crippen LogP contribution >= 0.6 is 11.6 Å². The second-order valence-corrected chi connectivity index (χ2v) is 9.07. The van der Waals surface area contributed by atoms with Gasteiger partial charge in [-0.3, -0.25) is 4.90 Å². The summed E-state index contributed by atoms with van der Waals surface area (Å²) >= 11 is 6.39. The molecule has 1 N–H and O–H groups in total. The van der Waals surface area contributed by atoms with Crippen LogP contribution in [0.15, 0.2) is 54.6 Å². The Balaban J connectivity index is 1.65. The second kappa shape index (κ2) is 11.5. The van der Waals surface area contributed by atoms with Gasteiger partial charge in [-0.1, -0.05) is 60.0 Å². The standard InChI is InChI=1S/C27H30ClN3O3/c1-3-15-33-19-22(32)17-31(16-20-13-14-20)18-23-26(21-9-5-4-6-10-21)29-30(2)27(23)34-25-12-8-7-11-24(25)28/h1,4-12,20,22,32H,13-19H2,2H3. The van der Waals surface area contributed by atoms with Crippen molar-refractivity contribution in [2.45, 2.75) is 25.5 Å². The van der Waals surface area contributed by atoms with Crippen LogP contribution in [0.4, 0.5) is 0 Å². The van der Waals surface area contributed by atoms with Crippen molar-refractivity contribution in [2.24, 2.45) is 13.0 Å². The molecule has 1 aliphatic carbocycles. The lowest BCUT2D eigenvalue weighted by molar-refractivity contribution is 0.0250. The number of aromatic nitrogens is 2. The highest BCUT2D eigenvalue weighted by molar-refractivity contribution is 6.32. The van der Waals surface area contributed by atoms with Crippen molar-refractivity contribution in [2.75, 3.05) is 26.3 Å². The Kier molecular flexibility index (Phi) is 8.25. The average molecular weight is 480 g/mol. The van der Waals surface area contributed by atoms with Gasteiger partial charge in [0, 0.05) is 32.2 Å². The predicted octanol–water partition coefficient (Wildman–Crippen LogP) is 4.76. The molecule has 3 aromatic rings. The summed E-state index contributed by atoms with van der Waals surface area (Å²) in [5, 5.41) is 15.9. The number of benzene rings is 2. The van der Waals surface area contributed by atoms with Crippen LogP contribution in [0, 0.1) is 18.3 Å². The number of ether oxygens (including phenoxy) is 2. The smallest absolute Gasteiger partial charge is 0.222 e. The zero-order valence-corrected chi connectivity index (χ0v) is 20.1. The quantitative estimate of drug-likeness (QED) is 0.300. The summed E-state index contributed by atoms with van der Waals surface area (Å²) in [6.45, 7) is 2.32. The third-order valence-corrected chi connectivity index (χ3v) is 6.05. The molecule has 0 aliphatic heterocycles. The maximum atomic E-state index is 10.6. The van der Waals surface area contributed by atoms with Gasteiger partial charge in [-0.25, -0.2) is 4.68 Å². The fourth-order valence-electron chi connectivity index (χ4n) is 3.98. The summed E-state index contributed by atoms with van der Waals surface area (Å²) in [7, 11) is 1.87. The van der Waals surface area contributed by atoms with E-state index in [1.54, 1.807) is 10.7 Å². The number of rotatable bonds is 12. The first-order valence-corrected chi connectivity index (χ1v) is 11.9. The third kappa shape index (κ3) is 6.40. The van der Waals surface area contributed by atoms with Gasteiger partial charge in [-0.15, -0.1) is 6.42 Å². The molecule has 7 heteroatoms. The zero-order valence-electron chi connectivity index (χ0n) is 19.4. The van der Waals surface area contributed by atoms with Gasteiger partial charge in [0.25, 0.3) is 0 Å². The molecule has 1 atom stereocenters. The van der Waals surface area contributed by atoms with Crippen LogP contribution in [0.2, 0.25) is 5.02 Å². The predicted molar refractivity (Wildman–Crippen MR) is 134 cm³/mol. The summed E-state index contributed by atoms with van der Waals surface area (Å²) in [4.78, 5) is 2.25. The molecular formula is C27H30ClN3O3. The molecule has 0 bridgehead atoms. The molecule has 1 aliphatic rings. The number of nitrogens with zero attached hydrogens (tertiary/aromatic N) is 3. The topological polar surface area (TPSA) is 59.8 Å². The molecule has 0 radical (unpaired) electrons. The van der Waals surface area contributed by atoms with Crippen molar-refractivity contribution in [3.8, 4) is 35.2 Å². The van der Waals surface area contributed by atoms with E-state index in [0.717, 1.165) is 23.4 Å². The van der Waals surface area contributed by atoms with E-state index in [0.29, 0.717) is 35.7 Å². The van der Waals surface area contributed by atoms with Gasteiger partial charge in [0.05, 0.1) is 23.3 Å². The highest BCUT2D eigenvalue weighted by atomic mass is 35.5. The number of halogens is 1. The number of terminal acetylenes is 1. The minimum Gasteiger partial charge on any atom is -0.437 e. The van der Waals surface area contributed by atoms with E-state index in [4.69, 9.17) is 32.6 Å². The first-order valence-electron chi connectivity index (χ1n) is 11.5. The summed E-state index contributed by atoms with van der Waals surface area (Å²) in [5.74, 6) is 4.28. The van der Waals surface area contributed by atoms with E-state index in [2.05, 4.69) is 10.8 Å². The Morgan fingerprint density at radius 1 is 1.21 bits per heavy atom. The first kappa shape index (κ1) is 24.3. The highest BCUT2D eigenvalue weighted by Crippen LogP contribution is 2.37. The maximum absolute atomic E-state index is 10.6. The lowest BCUT2D eigenvalue weighted by Crippen LogP contribution is -2.36. The zero-order chi connectivity index (χ0) is 23.9. The number of aliphatic hydroxyl groups excluding tert-OH is 1. The summed E-state index contributed by atoms with van der Waals surface area (Å²) in [6, 6.07) is 17.5. The molecule has 1 unspecified atom stereocenters. The fraction of sp³-hybridized carbons (Fsp3) is 0.370. The molecule has 6 nitrogen and oxygen atoms in total. The number of para-hydroxylation sites is 1. The molecule has 0 saturated heterocycles. The Hall–Kier alpha value is -2.82. The van der Waals surface area contributed by atoms with E-state index < -0.39 is 6.10 Å². The Morgan fingerprint density at radius 2 is 1.94 bits per heavy atom. The molecule has 1 saturated carbocycles. The molecule has 4 rings (SSSR count). The average Bonchev–Trinajstić information content (AvgIpc) is 3.60. The molecule has 0 spiro atoms. The molecule has 178 valence electrons. The van der Waals surface area contributed by atoms with Gasteiger partial charge < -0.3 is 14.6 Å². The summed E-state index contributed by atoms with van der Waals surface area (Å²) in [5.41, 5.74) is 2.81. The van der Waals surface area contributed by atoms with Crippen LogP contribution in [-0.2, 0) is 18.3 Å². The normalized spacial score (nSPS) is 14.2. The van der Waals surface area contributed by atoms with E-state index in [1.807, 2.05) is 55.6 Å². The molecule has 2 aromatic carbocycles. The Labute approximate surface area is 206 Å². The Morgan fingerprint density at radius 3 is 2.65 bits per heavy atom. The molecule has 34 heavy (non-hydrogen) atoms. The highest BCUT2D eigenvalue weighted by Gasteiger charge is 2.28. The first-order chi connectivity index (χ1) is 16.5. The second-order valence-electron chi connectivity index (χ2n) is 8.66. The maximum Gasteiger partial charge on any atom is 0.222 e. The van der Waals surface area contributed by atoms with Crippen LogP contribution in [0.1, 0.15) is 18.4 Å². The Bertz CT molecular complexity index is 1120. The van der Waals surface area contributed by atoms with E-state index in [-0.39, 0.29) is 13.2 Å². The van der Waals surface area contributed by atoms with E-state index in [1.165, 1.54) is 12.8 Å². The molecule has 0 amide bonds. The van der Waals surface area contributed by atoms with Crippen molar-refractivity contribution in [3.05, 3.63) is 65.2 Å². The largest absolute Gasteiger partial charge is 0.437 e. The number of aliphatic hydroxyl groups is 1. The van der Waals surface area contributed by atoms with Gasteiger partial charge in [0.1, 0.15) is 18.1 Å². The van der Waals surface area contributed by atoms with Crippen LogP contribution < -0.4 is 4.74 Å². The fourth-order valence-corrected chi connectivity index (χ4v) is 4.15. The van der Waals surface area contributed by atoms with Gasteiger partial charge in [-0.05, 0) is 30.9 Å². The van der Waals surface area contributed by atoms with Crippen molar-refractivity contribution in [3.63, 3.8) is 0 Å². The lowest BCUT2D eigenvalue weighted by atomic mass is 10.1. The van der Waals surface area contributed by atoms with Gasteiger partial charge in [-0.2, -0.15) is 5.10 Å². The molecule has 1 aromatic heterocycles. The SMILES string of the molecule is C#CCOCC(O)CN(Cc1c(-c2ccccc2)nn(C)c1Oc1ccccc1Cl)CC1CC1. The number of hydrogen-bond acceptors (Lipinski definition) is 5. The van der Waals surface area contributed by atoms with Crippen molar-refractivity contribution in [1.82, 2.24) is 14.7 Å². The number of hydrogen-bond donors (Lipinski definition) is 1. The van der Waals surface area contributed by atoms with E-state index >= 15 is 0 Å². The monoisotopic (exact) mass is 479 g/mol. The summed E-state index contributed by atoms with van der Waals surface area (Å²) in [6.07, 6.45) is 7.04.